The van der Waals surface area contributed by atoms with Crippen molar-refractivity contribution in [3.8, 4) is 0 Å². The van der Waals surface area contributed by atoms with Gasteiger partial charge in [-0.15, -0.1) is 0 Å². The Bertz CT molecular complexity index is 896. The van der Waals surface area contributed by atoms with E-state index in [1.54, 1.807) is 37.3 Å². The zero-order chi connectivity index (χ0) is 19.5. The molecule has 0 unspecified atom stereocenters. The molecule has 0 aliphatic heterocycles. The van der Waals surface area contributed by atoms with E-state index in [1.807, 2.05) is 26.0 Å². The van der Waals surface area contributed by atoms with Crippen molar-refractivity contribution in [2.24, 2.45) is 0 Å². The average Bonchev–Trinajstić information content (AvgIpc) is 2.55. The van der Waals surface area contributed by atoms with Crippen molar-refractivity contribution < 1.29 is 13.2 Å². The number of rotatable bonds is 6. The van der Waals surface area contributed by atoms with Crippen molar-refractivity contribution >= 4 is 38.9 Å². The van der Waals surface area contributed by atoms with Crippen LogP contribution in [0.25, 0.3) is 0 Å². The first kappa shape index (κ1) is 20.3. The fourth-order valence-electron chi connectivity index (χ4n) is 2.74. The van der Waals surface area contributed by atoms with Crippen LogP contribution >= 0.6 is 11.6 Å². The van der Waals surface area contributed by atoms with Crippen molar-refractivity contribution in [3.63, 3.8) is 0 Å². The van der Waals surface area contributed by atoms with Gasteiger partial charge in [-0.2, -0.15) is 0 Å². The van der Waals surface area contributed by atoms with Crippen LogP contribution in [0.5, 0.6) is 0 Å². The summed E-state index contributed by atoms with van der Waals surface area (Å²) >= 11 is 5.95. The quantitative estimate of drug-likeness (QED) is 0.800. The largest absolute Gasteiger partial charge is 0.324 e. The predicted molar refractivity (Wildman–Crippen MR) is 107 cm³/mol. The van der Waals surface area contributed by atoms with Crippen LogP contribution in [0.3, 0.4) is 0 Å². The second kappa shape index (κ2) is 8.10. The van der Waals surface area contributed by atoms with Crippen LogP contribution in [0.2, 0.25) is 5.02 Å². The van der Waals surface area contributed by atoms with E-state index in [4.69, 9.17) is 11.6 Å². The number of halogens is 1. The van der Waals surface area contributed by atoms with Gasteiger partial charge in [0.2, 0.25) is 15.9 Å². The molecule has 140 valence electrons. The number of aryl methyl sites for hydroxylation is 2. The maximum Gasteiger partial charge on any atom is 0.248 e. The van der Waals surface area contributed by atoms with Gasteiger partial charge in [-0.25, -0.2) is 8.42 Å². The normalized spacial score (nSPS) is 12.5. The van der Waals surface area contributed by atoms with Crippen LogP contribution in [0.15, 0.2) is 42.5 Å². The second-order valence-electron chi connectivity index (χ2n) is 6.27. The van der Waals surface area contributed by atoms with Gasteiger partial charge in [0, 0.05) is 10.7 Å². The number of hydrogen-bond donors (Lipinski definition) is 1. The highest BCUT2D eigenvalue weighted by Crippen LogP contribution is 2.25. The summed E-state index contributed by atoms with van der Waals surface area (Å²) < 4.78 is 26.0. The number of amides is 1. The lowest BCUT2D eigenvalue weighted by Crippen LogP contribution is -2.47. The number of nitrogens with one attached hydrogen (secondary N) is 1. The molecule has 2 aromatic rings. The summed E-state index contributed by atoms with van der Waals surface area (Å²) in [6, 6.07) is 11.3. The van der Waals surface area contributed by atoms with Crippen LogP contribution in [-0.4, -0.2) is 26.6 Å². The first-order chi connectivity index (χ1) is 12.1. The number of hydrogen-bond acceptors (Lipinski definition) is 3. The number of anilines is 2. The van der Waals surface area contributed by atoms with Gasteiger partial charge < -0.3 is 5.32 Å². The summed E-state index contributed by atoms with van der Waals surface area (Å²) in [5.74, 6) is -0.385. The molecule has 26 heavy (non-hydrogen) atoms. The van der Waals surface area contributed by atoms with Crippen molar-refractivity contribution in [1.82, 2.24) is 0 Å². The third-order valence-electron chi connectivity index (χ3n) is 4.06. The van der Waals surface area contributed by atoms with E-state index < -0.39 is 16.1 Å². The molecule has 0 aliphatic carbocycles. The fourth-order valence-corrected chi connectivity index (χ4v) is 4.17. The van der Waals surface area contributed by atoms with Gasteiger partial charge >= 0.3 is 0 Å². The van der Waals surface area contributed by atoms with Gasteiger partial charge in [-0.1, -0.05) is 36.2 Å². The molecule has 1 atom stereocenters. The molecule has 5 nitrogen and oxygen atoms in total. The van der Waals surface area contributed by atoms with E-state index in [0.29, 0.717) is 22.8 Å². The standard InChI is InChI=1S/C19H23ClN2O3S/c1-5-18(19(23)21-17-11-8-15(20)12-14(17)3)22(26(4,24)25)16-9-6-13(2)7-10-16/h6-12,18H,5H2,1-4H3,(H,21,23)/t18-/m0/s1. The van der Waals surface area contributed by atoms with E-state index >= 15 is 0 Å². The Morgan fingerprint density at radius 2 is 1.77 bits per heavy atom. The maximum absolute atomic E-state index is 12.9. The molecule has 2 rings (SSSR count). The van der Waals surface area contributed by atoms with Crippen LogP contribution in [0.1, 0.15) is 24.5 Å². The third-order valence-corrected chi connectivity index (χ3v) is 5.48. The highest BCUT2D eigenvalue weighted by molar-refractivity contribution is 7.92. The second-order valence-corrected chi connectivity index (χ2v) is 8.56. The summed E-state index contributed by atoms with van der Waals surface area (Å²) in [5.41, 5.74) is 2.89. The van der Waals surface area contributed by atoms with Gasteiger partial charge in [0.15, 0.2) is 0 Å². The molecule has 7 heteroatoms. The number of sulfonamides is 1. The van der Waals surface area contributed by atoms with Crippen molar-refractivity contribution in [3.05, 3.63) is 58.6 Å². The molecule has 0 bridgehead atoms. The highest BCUT2D eigenvalue weighted by Gasteiger charge is 2.31. The Morgan fingerprint density at radius 3 is 2.27 bits per heavy atom. The number of benzene rings is 2. The van der Waals surface area contributed by atoms with E-state index in [9.17, 15) is 13.2 Å². The fraction of sp³-hybridized carbons (Fsp3) is 0.316. The Labute approximate surface area is 160 Å². The number of nitrogens with zero attached hydrogens (tertiary/aromatic N) is 1. The Hall–Kier alpha value is -2.05. The molecule has 0 saturated carbocycles. The molecule has 0 aliphatic rings. The summed E-state index contributed by atoms with van der Waals surface area (Å²) in [5, 5.41) is 3.39. The van der Waals surface area contributed by atoms with Crippen LogP contribution < -0.4 is 9.62 Å². The van der Waals surface area contributed by atoms with Gasteiger partial charge in [0.1, 0.15) is 6.04 Å². The summed E-state index contributed by atoms with van der Waals surface area (Å²) in [7, 11) is -3.64. The van der Waals surface area contributed by atoms with Crippen molar-refractivity contribution in [1.29, 1.82) is 0 Å². The lowest BCUT2D eigenvalue weighted by Gasteiger charge is -2.30. The molecule has 0 fully saturated rings. The minimum absolute atomic E-state index is 0.333. The monoisotopic (exact) mass is 394 g/mol. The third kappa shape index (κ3) is 4.77. The maximum atomic E-state index is 12.9. The van der Waals surface area contributed by atoms with Crippen LogP contribution in [0.4, 0.5) is 11.4 Å². The predicted octanol–water partition coefficient (Wildman–Crippen LogP) is 4.14. The van der Waals surface area contributed by atoms with Crippen molar-refractivity contribution in [2.45, 2.75) is 33.2 Å². The number of carbonyl (C=O) groups excluding carboxylic acids is 1. The Balaban J connectivity index is 2.38. The first-order valence-electron chi connectivity index (χ1n) is 8.26. The van der Waals surface area contributed by atoms with E-state index in [0.717, 1.165) is 17.4 Å². The average molecular weight is 395 g/mol. The molecular weight excluding hydrogens is 372 g/mol. The van der Waals surface area contributed by atoms with Crippen molar-refractivity contribution in [2.75, 3.05) is 15.9 Å². The molecule has 0 spiro atoms. The molecule has 0 saturated heterocycles. The van der Waals surface area contributed by atoms with E-state index in [1.165, 1.54) is 4.31 Å². The zero-order valence-corrected chi connectivity index (χ0v) is 16.9. The van der Waals surface area contributed by atoms with Crippen LogP contribution in [-0.2, 0) is 14.8 Å². The molecule has 2 aromatic carbocycles. The first-order valence-corrected chi connectivity index (χ1v) is 10.5. The molecule has 1 N–H and O–H groups in total. The SMILES string of the molecule is CC[C@@H](C(=O)Nc1ccc(Cl)cc1C)N(c1ccc(C)cc1)S(C)(=O)=O. The smallest absolute Gasteiger partial charge is 0.248 e. The van der Waals surface area contributed by atoms with Crippen LogP contribution in [0, 0.1) is 13.8 Å². The summed E-state index contributed by atoms with van der Waals surface area (Å²) in [6.45, 7) is 5.53. The molecule has 1 amide bonds. The minimum atomic E-state index is -3.64. The molecule has 0 heterocycles. The number of carbonyl (C=O) groups is 1. The molecular formula is C19H23ClN2O3S. The van der Waals surface area contributed by atoms with Gasteiger partial charge in [0.25, 0.3) is 0 Å². The lowest BCUT2D eigenvalue weighted by molar-refractivity contribution is -0.117. The Morgan fingerprint density at radius 1 is 1.15 bits per heavy atom. The molecule has 0 radical (unpaired) electrons. The highest BCUT2D eigenvalue weighted by atomic mass is 35.5. The van der Waals surface area contributed by atoms with Gasteiger partial charge in [0.05, 0.1) is 11.9 Å². The Kier molecular flexibility index (Phi) is 6.31. The van der Waals surface area contributed by atoms with Gasteiger partial charge in [-0.3, -0.25) is 9.10 Å². The minimum Gasteiger partial charge on any atom is -0.324 e. The van der Waals surface area contributed by atoms with Gasteiger partial charge in [-0.05, 0) is 56.2 Å². The molecule has 0 aromatic heterocycles. The summed E-state index contributed by atoms with van der Waals surface area (Å²) in [6.07, 6.45) is 1.44. The zero-order valence-electron chi connectivity index (χ0n) is 15.3. The topological polar surface area (TPSA) is 66.5 Å². The summed E-state index contributed by atoms with van der Waals surface area (Å²) in [4.78, 5) is 12.9. The lowest BCUT2D eigenvalue weighted by atomic mass is 10.1. The van der Waals surface area contributed by atoms with E-state index in [2.05, 4.69) is 5.32 Å². The van der Waals surface area contributed by atoms with E-state index in [-0.39, 0.29) is 5.91 Å².